The summed E-state index contributed by atoms with van der Waals surface area (Å²) in [6.45, 7) is 4.56. The molecule has 0 fully saturated rings. The molecular weight excluding hydrogens is 304 g/mol. The molecule has 0 bridgehead atoms. The molecule has 0 aromatic heterocycles. The standard InChI is InChI=1S/C24H50O/c1-3-5-7-9-11-13-14-15-17-19-21-23-24(25)22-20-18-16-12-10-8-6-4-2/h24-25H,3-23H2,1-2H3. The molecule has 0 aliphatic heterocycles. The SMILES string of the molecule is CCCCCCCCCCCCCC(O)CCCCCCCCCC. The maximum atomic E-state index is 10.1. The van der Waals surface area contributed by atoms with Gasteiger partial charge in [-0.2, -0.15) is 0 Å². The zero-order valence-electron chi connectivity index (χ0n) is 17.9. The third-order valence-electron chi connectivity index (χ3n) is 5.53. The van der Waals surface area contributed by atoms with Gasteiger partial charge in [0, 0.05) is 0 Å². The molecule has 0 aromatic rings. The molecule has 0 radical (unpaired) electrons. The van der Waals surface area contributed by atoms with Crippen LogP contribution in [0.15, 0.2) is 0 Å². The maximum absolute atomic E-state index is 10.1. The molecule has 0 amide bonds. The van der Waals surface area contributed by atoms with Crippen molar-refractivity contribution in [2.75, 3.05) is 0 Å². The van der Waals surface area contributed by atoms with Gasteiger partial charge in [-0.1, -0.05) is 136 Å². The zero-order chi connectivity index (χ0) is 18.4. The predicted molar refractivity (Wildman–Crippen MR) is 114 cm³/mol. The van der Waals surface area contributed by atoms with Crippen molar-refractivity contribution in [2.24, 2.45) is 0 Å². The van der Waals surface area contributed by atoms with Gasteiger partial charge >= 0.3 is 0 Å². The lowest BCUT2D eigenvalue weighted by Gasteiger charge is -2.10. The summed E-state index contributed by atoms with van der Waals surface area (Å²) in [6, 6.07) is 0. The third-order valence-corrected chi connectivity index (χ3v) is 5.53. The van der Waals surface area contributed by atoms with Crippen molar-refractivity contribution in [3.05, 3.63) is 0 Å². The maximum Gasteiger partial charge on any atom is 0.0540 e. The van der Waals surface area contributed by atoms with E-state index >= 15 is 0 Å². The molecule has 0 rings (SSSR count). The summed E-state index contributed by atoms with van der Waals surface area (Å²) in [4.78, 5) is 0. The Bertz CT molecular complexity index is 226. The zero-order valence-corrected chi connectivity index (χ0v) is 17.9. The van der Waals surface area contributed by atoms with Crippen LogP contribution in [0.5, 0.6) is 0 Å². The van der Waals surface area contributed by atoms with Gasteiger partial charge in [0.05, 0.1) is 6.10 Å². The Balaban J connectivity index is 3.11. The van der Waals surface area contributed by atoms with Gasteiger partial charge in [0.25, 0.3) is 0 Å². The molecule has 1 N–H and O–H groups in total. The Labute approximate surface area is 160 Å². The van der Waals surface area contributed by atoms with Crippen molar-refractivity contribution in [1.29, 1.82) is 0 Å². The van der Waals surface area contributed by atoms with Gasteiger partial charge < -0.3 is 5.11 Å². The second-order valence-corrected chi connectivity index (χ2v) is 8.24. The van der Waals surface area contributed by atoms with E-state index in [1.807, 2.05) is 0 Å². The summed E-state index contributed by atoms with van der Waals surface area (Å²) >= 11 is 0. The van der Waals surface area contributed by atoms with Gasteiger partial charge in [-0.15, -0.1) is 0 Å². The number of unbranched alkanes of at least 4 members (excludes halogenated alkanes) is 17. The summed E-state index contributed by atoms with van der Waals surface area (Å²) in [5.41, 5.74) is 0. The lowest BCUT2D eigenvalue weighted by Crippen LogP contribution is -2.05. The molecule has 0 aliphatic rings. The van der Waals surface area contributed by atoms with Crippen molar-refractivity contribution in [3.8, 4) is 0 Å². The molecule has 152 valence electrons. The highest BCUT2D eigenvalue weighted by atomic mass is 16.3. The molecule has 1 unspecified atom stereocenters. The van der Waals surface area contributed by atoms with Gasteiger partial charge in [0.2, 0.25) is 0 Å². The normalized spacial score (nSPS) is 12.6. The van der Waals surface area contributed by atoms with E-state index in [0.717, 1.165) is 12.8 Å². The quantitative estimate of drug-likeness (QED) is 0.205. The van der Waals surface area contributed by atoms with Crippen LogP contribution in [0.4, 0.5) is 0 Å². The Morgan fingerprint density at radius 2 is 0.640 bits per heavy atom. The number of aliphatic hydroxyl groups is 1. The highest BCUT2D eigenvalue weighted by Crippen LogP contribution is 2.15. The lowest BCUT2D eigenvalue weighted by molar-refractivity contribution is 0.147. The van der Waals surface area contributed by atoms with Crippen LogP contribution in [-0.2, 0) is 0 Å². The van der Waals surface area contributed by atoms with Gasteiger partial charge in [-0.05, 0) is 12.8 Å². The second kappa shape index (κ2) is 22.0. The highest BCUT2D eigenvalue weighted by molar-refractivity contribution is 4.57. The Hall–Kier alpha value is -0.0400. The van der Waals surface area contributed by atoms with Crippen molar-refractivity contribution in [2.45, 2.75) is 155 Å². The first-order valence-corrected chi connectivity index (χ1v) is 12.0. The van der Waals surface area contributed by atoms with Crippen molar-refractivity contribution in [3.63, 3.8) is 0 Å². The molecule has 0 heterocycles. The molecule has 25 heavy (non-hydrogen) atoms. The fraction of sp³-hybridized carbons (Fsp3) is 1.00. The molecule has 1 nitrogen and oxygen atoms in total. The van der Waals surface area contributed by atoms with Crippen molar-refractivity contribution < 1.29 is 5.11 Å². The molecule has 1 heteroatoms. The molecule has 0 saturated heterocycles. The predicted octanol–water partition coefficient (Wildman–Crippen LogP) is 8.58. The third kappa shape index (κ3) is 21.9. The van der Waals surface area contributed by atoms with E-state index in [2.05, 4.69) is 13.8 Å². The largest absolute Gasteiger partial charge is 0.393 e. The van der Waals surface area contributed by atoms with Gasteiger partial charge in [0.15, 0.2) is 0 Å². The first-order chi connectivity index (χ1) is 12.3. The monoisotopic (exact) mass is 354 g/mol. The molecule has 0 spiro atoms. The minimum Gasteiger partial charge on any atom is -0.393 e. The Morgan fingerprint density at radius 1 is 0.400 bits per heavy atom. The second-order valence-electron chi connectivity index (χ2n) is 8.24. The molecule has 0 aliphatic carbocycles. The van der Waals surface area contributed by atoms with Crippen molar-refractivity contribution >= 4 is 0 Å². The van der Waals surface area contributed by atoms with Crippen LogP contribution in [0.1, 0.15) is 149 Å². The van der Waals surface area contributed by atoms with Crippen LogP contribution in [0.2, 0.25) is 0 Å². The van der Waals surface area contributed by atoms with Crippen LogP contribution < -0.4 is 0 Å². The Kier molecular flexibility index (Phi) is 22.0. The Morgan fingerprint density at radius 3 is 0.920 bits per heavy atom. The summed E-state index contributed by atoms with van der Waals surface area (Å²) in [7, 11) is 0. The summed E-state index contributed by atoms with van der Waals surface area (Å²) in [5, 5.41) is 10.1. The van der Waals surface area contributed by atoms with E-state index in [9.17, 15) is 5.11 Å². The smallest absolute Gasteiger partial charge is 0.0540 e. The minimum absolute atomic E-state index is 0.0290. The number of hydrogen-bond acceptors (Lipinski definition) is 1. The molecule has 0 aromatic carbocycles. The fourth-order valence-electron chi connectivity index (χ4n) is 3.70. The topological polar surface area (TPSA) is 20.2 Å². The average molecular weight is 355 g/mol. The van der Waals surface area contributed by atoms with E-state index in [-0.39, 0.29) is 6.10 Å². The van der Waals surface area contributed by atoms with E-state index in [4.69, 9.17) is 0 Å². The molecular formula is C24H50O. The summed E-state index contributed by atoms with van der Waals surface area (Å²) in [5.74, 6) is 0. The van der Waals surface area contributed by atoms with Gasteiger partial charge in [-0.25, -0.2) is 0 Å². The lowest BCUT2D eigenvalue weighted by atomic mass is 10.0. The minimum atomic E-state index is -0.0290. The molecule has 0 saturated carbocycles. The first-order valence-electron chi connectivity index (χ1n) is 12.0. The molecule has 1 atom stereocenters. The fourth-order valence-corrected chi connectivity index (χ4v) is 3.70. The van der Waals surface area contributed by atoms with E-state index in [0.29, 0.717) is 0 Å². The van der Waals surface area contributed by atoms with Crippen LogP contribution in [0, 0.1) is 0 Å². The first kappa shape index (κ1) is 25.0. The van der Waals surface area contributed by atoms with E-state index < -0.39 is 0 Å². The van der Waals surface area contributed by atoms with Crippen LogP contribution in [0.3, 0.4) is 0 Å². The number of rotatable bonds is 21. The number of aliphatic hydroxyl groups excluding tert-OH is 1. The van der Waals surface area contributed by atoms with Crippen LogP contribution in [0.25, 0.3) is 0 Å². The highest BCUT2D eigenvalue weighted by Gasteiger charge is 2.03. The van der Waals surface area contributed by atoms with Crippen LogP contribution in [-0.4, -0.2) is 11.2 Å². The van der Waals surface area contributed by atoms with Crippen molar-refractivity contribution in [1.82, 2.24) is 0 Å². The average Bonchev–Trinajstić information content (AvgIpc) is 2.62. The van der Waals surface area contributed by atoms with Gasteiger partial charge in [-0.3, -0.25) is 0 Å². The summed E-state index contributed by atoms with van der Waals surface area (Å²) < 4.78 is 0. The van der Waals surface area contributed by atoms with Crippen LogP contribution >= 0.6 is 0 Å². The number of hydrogen-bond donors (Lipinski definition) is 1. The van der Waals surface area contributed by atoms with Gasteiger partial charge in [0.1, 0.15) is 0 Å². The van der Waals surface area contributed by atoms with E-state index in [1.54, 1.807) is 0 Å². The van der Waals surface area contributed by atoms with E-state index in [1.165, 1.54) is 122 Å². The summed E-state index contributed by atoms with van der Waals surface area (Å²) in [6.07, 6.45) is 28.2.